The van der Waals surface area contributed by atoms with Crippen LogP contribution >= 0.6 is 0 Å². The maximum atomic E-state index is 11.8. The number of carbonyl (C=O) groups excluding carboxylic acids is 1. The molecule has 0 rings (SSSR count). The number of hydrogen-bond donors (Lipinski definition) is 2. The van der Waals surface area contributed by atoms with Crippen LogP contribution in [0.25, 0.3) is 0 Å². The van der Waals surface area contributed by atoms with E-state index in [4.69, 9.17) is 10.5 Å². The molecule has 0 aliphatic heterocycles. The molecule has 0 fully saturated rings. The smallest absolute Gasteiger partial charge is 0.229 e. The van der Waals surface area contributed by atoms with Crippen LogP contribution in [0.4, 0.5) is 0 Å². The van der Waals surface area contributed by atoms with Crippen LogP contribution in [0.2, 0.25) is 0 Å². The van der Waals surface area contributed by atoms with E-state index in [9.17, 15) is 9.90 Å². The van der Waals surface area contributed by atoms with Gasteiger partial charge in [0, 0.05) is 27.2 Å². The monoisotopic (exact) mass is 218 g/mol. The number of likely N-dealkylation sites (N-methyl/N-ethyl adjacent to an activating group) is 1. The normalized spacial score (nSPS) is 13.7. The summed E-state index contributed by atoms with van der Waals surface area (Å²) in [6.45, 7) is 4.34. The van der Waals surface area contributed by atoms with Gasteiger partial charge in [0.15, 0.2) is 0 Å². The largest absolute Gasteiger partial charge is 0.389 e. The lowest BCUT2D eigenvalue weighted by Crippen LogP contribution is -2.46. The molecule has 0 bridgehead atoms. The number of rotatable bonds is 6. The summed E-state index contributed by atoms with van der Waals surface area (Å²) in [5.74, 6) is -0.0693. The van der Waals surface area contributed by atoms with Gasteiger partial charge in [-0.25, -0.2) is 0 Å². The molecule has 90 valence electrons. The first kappa shape index (κ1) is 14.3. The first-order valence-electron chi connectivity index (χ1n) is 4.97. The second kappa shape index (κ2) is 6.05. The molecule has 3 N–H and O–H groups in total. The summed E-state index contributed by atoms with van der Waals surface area (Å²) in [6, 6.07) is 0. The predicted molar refractivity (Wildman–Crippen MR) is 58.4 cm³/mol. The maximum absolute atomic E-state index is 11.8. The summed E-state index contributed by atoms with van der Waals surface area (Å²) < 4.78 is 4.78. The van der Waals surface area contributed by atoms with Crippen LogP contribution < -0.4 is 5.73 Å². The Bertz CT molecular complexity index is 207. The molecule has 1 unspecified atom stereocenters. The van der Waals surface area contributed by atoms with Crippen LogP contribution in [-0.2, 0) is 9.53 Å². The van der Waals surface area contributed by atoms with Gasteiger partial charge in [-0.3, -0.25) is 4.79 Å². The fraction of sp³-hybridized carbons (Fsp3) is 0.900. The van der Waals surface area contributed by atoms with Crippen molar-refractivity contribution < 1.29 is 14.6 Å². The van der Waals surface area contributed by atoms with E-state index >= 15 is 0 Å². The Morgan fingerprint density at radius 2 is 2.13 bits per heavy atom. The van der Waals surface area contributed by atoms with E-state index in [-0.39, 0.29) is 25.6 Å². The molecule has 0 saturated heterocycles. The summed E-state index contributed by atoms with van der Waals surface area (Å²) in [6.07, 6.45) is -0.655. The van der Waals surface area contributed by atoms with Gasteiger partial charge < -0.3 is 20.5 Å². The maximum Gasteiger partial charge on any atom is 0.229 e. The summed E-state index contributed by atoms with van der Waals surface area (Å²) >= 11 is 0. The third-order valence-corrected chi connectivity index (χ3v) is 2.28. The Morgan fingerprint density at radius 3 is 2.53 bits per heavy atom. The van der Waals surface area contributed by atoms with Crippen molar-refractivity contribution in [3.05, 3.63) is 0 Å². The molecule has 0 heterocycles. The highest BCUT2D eigenvalue weighted by Crippen LogP contribution is 2.16. The average Bonchev–Trinajstić information content (AvgIpc) is 2.16. The van der Waals surface area contributed by atoms with E-state index in [0.29, 0.717) is 0 Å². The number of methoxy groups -OCH3 is 1. The van der Waals surface area contributed by atoms with Gasteiger partial charge in [0.2, 0.25) is 5.91 Å². The van der Waals surface area contributed by atoms with Gasteiger partial charge in [-0.2, -0.15) is 0 Å². The van der Waals surface area contributed by atoms with Gasteiger partial charge in [0.1, 0.15) is 0 Å². The number of aliphatic hydroxyl groups is 1. The molecule has 0 radical (unpaired) electrons. The Hall–Kier alpha value is -0.650. The van der Waals surface area contributed by atoms with E-state index in [0.717, 1.165) is 0 Å². The Balaban J connectivity index is 4.21. The van der Waals surface area contributed by atoms with Gasteiger partial charge in [-0.15, -0.1) is 0 Å². The minimum Gasteiger partial charge on any atom is -0.389 e. The molecular formula is C10H22N2O3. The number of ether oxygens (including phenoxy) is 1. The van der Waals surface area contributed by atoms with E-state index in [1.54, 1.807) is 20.9 Å². The van der Waals surface area contributed by atoms with Crippen LogP contribution in [0.15, 0.2) is 0 Å². The molecule has 15 heavy (non-hydrogen) atoms. The molecule has 5 heteroatoms. The van der Waals surface area contributed by atoms with Gasteiger partial charge >= 0.3 is 0 Å². The highest BCUT2D eigenvalue weighted by Gasteiger charge is 2.29. The molecule has 5 nitrogen and oxygen atoms in total. The zero-order valence-corrected chi connectivity index (χ0v) is 9.99. The number of aliphatic hydroxyl groups excluding tert-OH is 1. The van der Waals surface area contributed by atoms with Crippen LogP contribution in [0.1, 0.15) is 13.8 Å². The zero-order valence-electron chi connectivity index (χ0n) is 9.99. The molecule has 0 aromatic heterocycles. The van der Waals surface area contributed by atoms with Crippen molar-refractivity contribution in [3.8, 4) is 0 Å². The predicted octanol–water partition coefficient (Wildman–Crippen LogP) is -0.563. The number of hydrogen-bond acceptors (Lipinski definition) is 4. The second-order valence-corrected chi connectivity index (χ2v) is 4.38. The summed E-state index contributed by atoms with van der Waals surface area (Å²) in [5, 5.41) is 9.46. The lowest BCUT2D eigenvalue weighted by molar-refractivity contribution is -0.140. The highest BCUT2D eigenvalue weighted by atomic mass is 16.5. The molecule has 0 aliphatic carbocycles. The molecule has 1 atom stereocenters. The summed E-state index contributed by atoms with van der Waals surface area (Å²) in [4.78, 5) is 13.3. The Labute approximate surface area is 91.2 Å². The number of amides is 1. The van der Waals surface area contributed by atoms with Crippen molar-refractivity contribution in [1.29, 1.82) is 0 Å². The van der Waals surface area contributed by atoms with E-state index in [1.807, 2.05) is 0 Å². The molecular weight excluding hydrogens is 196 g/mol. The Kier molecular flexibility index (Phi) is 5.79. The molecule has 0 aromatic rings. The van der Waals surface area contributed by atoms with Crippen molar-refractivity contribution >= 4 is 5.91 Å². The number of nitrogens with two attached hydrogens (primary N) is 1. The van der Waals surface area contributed by atoms with Crippen molar-refractivity contribution in [2.75, 3.05) is 33.9 Å². The lowest BCUT2D eigenvalue weighted by atomic mass is 9.92. The average molecular weight is 218 g/mol. The van der Waals surface area contributed by atoms with E-state index in [1.165, 1.54) is 12.0 Å². The minimum atomic E-state index is -0.655. The van der Waals surface area contributed by atoms with Crippen molar-refractivity contribution in [2.24, 2.45) is 11.1 Å². The van der Waals surface area contributed by atoms with Crippen molar-refractivity contribution in [3.63, 3.8) is 0 Å². The zero-order chi connectivity index (χ0) is 12.1. The Morgan fingerprint density at radius 1 is 1.60 bits per heavy atom. The topological polar surface area (TPSA) is 75.8 Å². The SMILES string of the molecule is COCC(O)CN(C)C(=O)C(C)(C)CN. The second-order valence-electron chi connectivity index (χ2n) is 4.38. The van der Waals surface area contributed by atoms with Crippen LogP contribution in [0.3, 0.4) is 0 Å². The molecule has 0 aliphatic rings. The van der Waals surface area contributed by atoms with Crippen LogP contribution in [0.5, 0.6) is 0 Å². The van der Waals surface area contributed by atoms with Crippen molar-refractivity contribution in [2.45, 2.75) is 20.0 Å². The standard InChI is InChI=1S/C10H22N2O3/c1-10(2,7-11)9(14)12(3)5-8(13)6-15-4/h8,13H,5-7,11H2,1-4H3. The van der Waals surface area contributed by atoms with Gasteiger partial charge in [0.25, 0.3) is 0 Å². The molecule has 1 amide bonds. The molecule has 0 aromatic carbocycles. The summed E-state index contributed by atoms with van der Waals surface area (Å²) in [7, 11) is 3.16. The number of nitrogens with zero attached hydrogens (tertiary/aromatic N) is 1. The summed E-state index contributed by atoms with van der Waals surface area (Å²) in [5.41, 5.74) is 4.92. The van der Waals surface area contributed by atoms with Gasteiger partial charge in [0.05, 0.1) is 18.1 Å². The van der Waals surface area contributed by atoms with E-state index < -0.39 is 11.5 Å². The highest BCUT2D eigenvalue weighted by molar-refractivity contribution is 5.81. The molecule has 0 saturated carbocycles. The number of carbonyl (C=O) groups is 1. The third kappa shape index (κ3) is 4.59. The fourth-order valence-corrected chi connectivity index (χ4v) is 1.25. The first-order valence-corrected chi connectivity index (χ1v) is 4.97. The van der Waals surface area contributed by atoms with Gasteiger partial charge in [-0.05, 0) is 13.8 Å². The van der Waals surface area contributed by atoms with Crippen LogP contribution in [0, 0.1) is 5.41 Å². The quantitative estimate of drug-likeness (QED) is 0.626. The van der Waals surface area contributed by atoms with Crippen molar-refractivity contribution in [1.82, 2.24) is 4.90 Å². The van der Waals surface area contributed by atoms with E-state index in [2.05, 4.69) is 0 Å². The lowest BCUT2D eigenvalue weighted by Gasteiger charge is -2.29. The minimum absolute atomic E-state index is 0.0693. The van der Waals surface area contributed by atoms with Crippen LogP contribution in [-0.4, -0.2) is 55.9 Å². The fourth-order valence-electron chi connectivity index (χ4n) is 1.25. The van der Waals surface area contributed by atoms with Gasteiger partial charge in [-0.1, -0.05) is 0 Å². The first-order chi connectivity index (χ1) is 6.85. The molecule has 0 spiro atoms. The third-order valence-electron chi connectivity index (χ3n) is 2.28.